The van der Waals surface area contributed by atoms with E-state index in [9.17, 15) is 9.59 Å². The quantitative estimate of drug-likeness (QED) is 0.701. The van der Waals surface area contributed by atoms with Gasteiger partial charge in [-0.05, 0) is 38.1 Å². The Balaban J connectivity index is 1.45. The molecule has 1 aliphatic heterocycles. The SMILES string of the molecule is Cc1ccc(Nc2cc(N3CCN(C(=O)c4cccn(C)c4=O)CC3)nc(C)n2)cc1. The number of hydrogen-bond donors (Lipinski definition) is 1. The van der Waals surface area contributed by atoms with Gasteiger partial charge in [-0.15, -0.1) is 0 Å². The van der Waals surface area contributed by atoms with Crippen molar-refractivity contribution in [2.75, 3.05) is 36.4 Å². The summed E-state index contributed by atoms with van der Waals surface area (Å²) in [6, 6.07) is 13.4. The maximum atomic E-state index is 12.8. The number of carbonyl (C=O) groups excluding carboxylic acids is 1. The van der Waals surface area contributed by atoms with Crippen LogP contribution in [0.15, 0.2) is 53.5 Å². The summed E-state index contributed by atoms with van der Waals surface area (Å²) in [5.41, 5.74) is 2.11. The van der Waals surface area contributed by atoms with Gasteiger partial charge in [0.1, 0.15) is 23.0 Å². The van der Waals surface area contributed by atoms with Crippen LogP contribution in [0.4, 0.5) is 17.3 Å². The topological polar surface area (TPSA) is 83.4 Å². The lowest BCUT2D eigenvalue weighted by Crippen LogP contribution is -2.50. The monoisotopic (exact) mass is 418 g/mol. The Hall–Kier alpha value is -3.68. The number of rotatable bonds is 4. The fourth-order valence-corrected chi connectivity index (χ4v) is 3.63. The lowest BCUT2D eigenvalue weighted by molar-refractivity contribution is 0.0744. The minimum absolute atomic E-state index is 0.209. The van der Waals surface area contributed by atoms with E-state index in [1.54, 1.807) is 30.3 Å². The van der Waals surface area contributed by atoms with Gasteiger partial charge in [-0.1, -0.05) is 17.7 Å². The van der Waals surface area contributed by atoms with Crippen molar-refractivity contribution in [1.82, 2.24) is 19.4 Å². The Morgan fingerprint density at radius 2 is 1.71 bits per heavy atom. The Labute approximate surface area is 181 Å². The van der Waals surface area contributed by atoms with Crippen LogP contribution in [0.5, 0.6) is 0 Å². The molecule has 1 fully saturated rings. The van der Waals surface area contributed by atoms with Gasteiger partial charge in [0.15, 0.2) is 0 Å². The van der Waals surface area contributed by atoms with Crippen LogP contribution in [0, 0.1) is 13.8 Å². The molecule has 0 aliphatic carbocycles. The Kier molecular flexibility index (Phi) is 5.70. The number of benzene rings is 1. The average Bonchev–Trinajstić information content (AvgIpc) is 2.76. The van der Waals surface area contributed by atoms with Crippen molar-refractivity contribution in [3.05, 3.63) is 76.0 Å². The standard InChI is InChI=1S/C23H26N6O2/c1-16-6-8-18(9-7-16)26-20-15-21(25-17(2)24-20)28-11-13-29(14-12-28)23(31)19-5-4-10-27(3)22(19)30/h4-10,15H,11-14H2,1-3H3,(H,24,25,26). The van der Waals surface area contributed by atoms with Crippen molar-refractivity contribution in [3.8, 4) is 0 Å². The van der Waals surface area contributed by atoms with Gasteiger partial charge in [0, 0.05) is 51.2 Å². The number of nitrogens with zero attached hydrogens (tertiary/aromatic N) is 5. The van der Waals surface area contributed by atoms with Gasteiger partial charge in [0.25, 0.3) is 11.5 Å². The Bertz CT molecular complexity index is 1150. The first kappa shape index (κ1) is 20.6. The van der Waals surface area contributed by atoms with E-state index >= 15 is 0 Å². The van der Waals surface area contributed by atoms with Crippen molar-refractivity contribution in [2.45, 2.75) is 13.8 Å². The fraction of sp³-hybridized carbons (Fsp3) is 0.304. The van der Waals surface area contributed by atoms with Gasteiger partial charge in [-0.2, -0.15) is 0 Å². The molecule has 0 saturated carbocycles. The Morgan fingerprint density at radius 3 is 2.42 bits per heavy atom. The summed E-state index contributed by atoms with van der Waals surface area (Å²) in [7, 11) is 1.65. The maximum Gasteiger partial charge on any atom is 0.263 e. The van der Waals surface area contributed by atoms with Crippen LogP contribution < -0.4 is 15.8 Å². The van der Waals surface area contributed by atoms with Gasteiger partial charge in [0.2, 0.25) is 0 Å². The van der Waals surface area contributed by atoms with E-state index in [0.29, 0.717) is 32.0 Å². The molecule has 4 rings (SSSR count). The van der Waals surface area contributed by atoms with Crippen molar-refractivity contribution in [1.29, 1.82) is 0 Å². The minimum atomic E-state index is -0.270. The normalized spacial score (nSPS) is 13.9. The van der Waals surface area contributed by atoms with Crippen LogP contribution in [0.3, 0.4) is 0 Å². The molecule has 3 aromatic rings. The second-order valence-electron chi connectivity index (χ2n) is 7.77. The number of carbonyl (C=O) groups is 1. The van der Waals surface area contributed by atoms with Crippen LogP contribution >= 0.6 is 0 Å². The van der Waals surface area contributed by atoms with Crippen molar-refractivity contribution < 1.29 is 4.79 Å². The largest absolute Gasteiger partial charge is 0.353 e. The molecule has 8 heteroatoms. The van der Waals surface area contributed by atoms with Crippen molar-refractivity contribution in [2.24, 2.45) is 7.05 Å². The highest BCUT2D eigenvalue weighted by Crippen LogP contribution is 2.21. The van der Waals surface area contributed by atoms with E-state index in [-0.39, 0.29) is 17.0 Å². The number of amides is 1. The van der Waals surface area contributed by atoms with Gasteiger partial charge in [-0.25, -0.2) is 9.97 Å². The molecule has 1 amide bonds. The van der Waals surface area contributed by atoms with Gasteiger partial charge >= 0.3 is 0 Å². The molecule has 1 N–H and O–H groups in total. The molecule has 1 aliphatic rings. The zero-order chi connectivity index (χ0) is 22.0. The van der Waals surface area contributed by atoms with E-state index in [2.05, 4.69) is 27.1 Å². The molecule has 8 nitrogen and oxygen atoms in total. The molecule has 1 saturated heterocycles. The summed E-state index contributed by atoms with van der Waals surface area (Å²) < 4.78 is 1.43. The number of aromatic nitrogens is 3. The van der Waals surface area contributed by atoms with Crippen LogP contribution in [0.1, 0.15) is 21.7 Å². The summed E-state index contributed by atoms with van der Waals surface area (Å²) >= 11 is 0. The van der Waals surface area contributed by atoms with Crippen LogP contribution in [0.25, 0.3) is 0 Å². The fourth-order valence-electron chi connectivity index (χ4n) is 3.63. The average molecular weight is 419 g/mol. The lowest BCUT2D eigenvalue weighted by Gasteiger charge is -2.35. The van der Waals surface area contributed by atoms with Crippen LogP contribution in [0.2, 0.25) is 0 Å². The van der Waals surface area contributed by atoms with Crippen LogP contribution in [-0.2, 0) is 7.05 Å². The van der Waals surface area contributed by atoms with Crippen LogP contribution in [-0.4, -0.2) is 51.5 Å². The highest BCUT2D eigenvalue weighted by Gasteiger charge is 2.25. The number of aryl methyl sites for hydroxylation is 3. The third kappa shape index (κ3) is 4.58. The lowest BCUT2D eigenvalue weighted by atomic mass is 10.2. The van der Waals surface area contributed by atoms with E-state index in [1.807, 2.05) is 37.3 Å². The van der Waals surface area contributed by atoms with Crippen molar-refractivity contribution >= 4 is 23.2 Å². The molecular formula is C23H26N6O2. The number of nitrogens with one attached hydrogen (secondary N) is 1. The number of hydrogen-bond acceptors (Lipinski definition) is 6. The molecule has 0 atom stereocenters. The summed E-state index contributed by atoms with van der Waals surface area (Å²) in [5, 5.41) is 3.33. The first-order chi connectivity index (χ1) is 14.9. The molecule has 1 aromatic carbocycles. The van der Waals surface area contributed by atoms with Crippen molar-refractivity contribution in [3.63, 3.8) is 0 Å². The first-order valence-corrected chi connectivity index (χ1v) is 10.3. The second-order valence-corrected chi connectivity index (χ2v) is 7.77. The molecule has 160 valence electrons. The first-order valence-electron chi connectivity index (χ1n) is 10.3. The summed E-state index contributed by atoms with van der Waals surface area (Å²) in [5.74, 6) is 2.02. The highest BCUT2D eigenvalue weighted by atomic mass is 16.2. The smallest absolute Gasteiger partial charge is 0.263 e. The predicted octanol–water partition coefficient (Wildman–Crippen LogP) is 2.50. The molecule has 0 unspecified atom stereocenters. The number of anilines is 3. The molecule has 2 aromatic heterocycles. The molecule has 31 heavy (non-hydrogen) atoms. The third-order valence-electron chi connectivity index (χ3n) is 5.39. The van der Waals surface area contributed by atoms with Gasteiger partial charge in [0.05, 0.1) is 0 Å². The summed E-state index contributed by atoms with van der Waals surface area (Å²) in [6.45, 7) is 6.26. The van der Waals surface area contributed by atoms with Gasteiger partial charge in [-0.3, -0.25) is 9.59 Å². The summed E-state index contributed by atoms with van der Waals surface area (Å²) in [4.78, 5) is 38.0. The Morgan fingerprint density at radius 1 is 1.00 bits per heavy atom. The van der Waals surface area contributed by atoms with E-state index < -0.39 is 0 Å². The molecule has 0 bridgehead atoms. The molecule has 0 radical (unpaired) electrons. The maximum absolute atomic E-state index is 12.8. The van der Waals surface area contributed by atoms with Gasteiger partial charge < -0.3 is 19.7 Å². The van der Waals surface area contributed by atoms with E-state index in [4.69, 9.17) is 0 Å². The molecule has 3 heterocycles. The second kappa shape index (κ2) is 8.59. The molecular weight excluding hydrogens is 392 g/mol. The highest BCUT2D eigenvalue weighted by molar-refractivity contribution is 5.94. The zero-order valence-corrected chi connectivity index (χ0v) is 18.0. The number of piperazine rings is 1. The third-order valence-corrected chi connectivity index (χ3v) is 5.39. The zero-order valence-electron chi connectivity index (χ0n) is 18.0. The predicted molar refractivity (Wildman–Crippen MR) is 121 cm³/mol. The van der Waals surface area contributed by atoms with E-state index in [1.165, 1.54) is 10.1 Å². The molecule has 0 spiro atoms. The summed E-state index contributed by atoms with van der Waals surface area (Å²) in [6.07, 6.45) is 1.65. The van der Waals surface area contributed by atoms with E-state index in [0.717, 1.165) is 17.3 Å². The minimum Gasteiger partial charge on any atom is -0.353 e. The number of pyridine rings is 1.